The number of sulfonamides is 1. The second-order valence-corrected chi connectivity index (χ2v) is 10.0. The van der Waals surface area contributed by atoms with E-state index in [2.05, 4.69) is 0 Å². The van der Waals surface area contributed by atoms with Crippen molar-refractivity contribution in [2.45, 2.75) is 43.7 Å². The average Bonchev–Trinajstić information content (AvgIpc) is 3.39. The third-order valence-electron chi connectivity index (χ3n) is 5.60. The number of furan rings is 1. The van der Waals surface area contributed by atoms with Crippen molar-refractivity contribution in [2.24, 2.45) is 0 Å². The molecule has 1 unspecified atom stereocenters. The highest BCUT2D eigenvalue weighted by molar-refractivity contribution is 7.89. The Hall–Kier alpha value is -3.30. The molecule has 7 nitrogen and oxygen atoms in total. The van der Waals surface area contributed by atoms with E-state index in [9.17, 15) is 22.4 Å². The molecule has 1 fully saturated rings. The first-order valence-corrected chi connectivity index (χ1v) is 11.9. The summed E-state index contributed by atoms with van der Waals surface area (Å²) in [4.78, 5) is 27.0. The maximum absolute atomic E-state index is 13.5. The molecule has 0 bridgehead atoms. The number of carbonyl (C=O) groups is 2. The molecule has 0 aliphatic carbocycles. The maximum atomic E-state index is 13.5. The Bertz CT molecular complexity index is 1250. The average molecular weight is 471 g/mol. The van der Waals surface area contributed by atoms with Crippen LogP contribution in [-0.2, 0) is 26.2 Å². The van der Waals surface area contributed by atoms with Gasteiger partial charge in [-0.2, -0.15) is 4.31 Å². The van der Waals surface area contributed by atoms with Crippen LogP contribution in [0, 0.1) is 5.82 Å². The fourth-order valence-electron chi connectivity index (χ4n) is 3.78. The molecule has 0 radical (unpaired) electrons. The van der Waals surface area contributed by atoms with E-state index in [1.165, 1.54) is 6.26 Å². The van der Waals surface area contributed by atoms with Crippen LogP contribution in [0.5, 0.6) is 0 Å². The molecule has 1 atom stereocenters. The van der Waals surface area contributed by atoms with Crippen LogP contribution in [0.25, 0.3) is 0 Å². The van der Waals surface area contributed by atoms with Crippen molar-refractivity contribution in [1.82, 2.24) is 4.31 Å². The first kappa shape index (κ1) is 22.9. The van der Waals surface area contributed by atoms with Gasteiger partial charge in [-0.05, 0) is 60.0 Å². The first-order chi connectivity index (χ1) is 15.7. The molecule has 33 heavy (non-hydrogen) atoms. The molecule has 2 amide bonds. The fraction of sp³-hybridized carbons (Fsp3) is 0.250. The molecule has 1 aromatic heterocycles. The number of anilines is 1. The zero-order chi connectivity index (χ0) is 23.8. The normalized spacial score (nSPS) is 16.9. The molecular formula is C24H23FN2O5S. The third-order valence-corrected chi connectivity index (χ3v) is 7.47. The van der Waals surface area contributed by atoms with Gasteiger partial charge in [0.25, 0.3) is 5.91 Å². The van der Waals surface area contributed by atoms with E-state index in [-0.39, 0.29) is 23.8 Å². The molecule has 2 aromatic carbocycles. The first-order valence-electron chi connectivity index (χ1n) is 10.4. The SMILES string of the molecule is CC(C)c1ccc(N2C(=O)CC(N(Cc3ccco3)S(=O)(=O)c3ccc(F)cc3)C2=O)cc1. The van der Waals surface area contributed by atoms with Crippen LogP contribution < -0.4 is 4.90 Å². The Kier molecular flexibility index (Phi) is 6.18. The van der Waals surface area contributed by atoms with E-state index in [1.807, 2.05) is 26.0 Å². The van der Waals surface area contributed by atoms with E-state index in [0.717, 1.165) is 39.0 Å². The maximum Gasteiger partial charge on any atom is 0.252 e. The minimum atomic E-state index is -4.25. The molecule has 2 heterocycles. The Morgan fingerprint density at radius 2 is 1.73 bits per heavy atom. The summed E-state index contributed by atoms with van der Waals surface area (Å²) >= 11 is 0. The highest BCUT2D eigenvalue weighted by Gasteiger charge is 2.47. The van der Waals surface area contributed by atoms with Crippen molar-refractivity contribution in [3.8, 4) is 0 Å². The zero-order valence-corrected chi connectivity index (χ0v) is 19.0. The van der Waals surface area contributed by atoms with Crippen molar-refractivity contribution < 1.29 is 26.8 Å². The third kappa shape index (κ3) is 4.46. The highest BCUT2D eigenvalue weighted by atomic mass is 32.2. The van der Waals surface area contributed by atoms with E-state index >= 15 is 0 Å². The van der Waals surface area contributed by atoms with E-state index in [0.29, 0.717) is 11.4 Å². The Morgan fingerprint density at radius 1 is 1.06 bits per heavy atom. The molecule has 172 valence electrons. The number of hydrogen-bond donors (Lipinski definition) is 0. The van der Waals surface area contributed by atoms with E-state index in [4.69, 9.17) is 4.42 Å². The molecule has 1 aliphatic heterocycles. The van der Waals surface area contributed by atoms with Gasteiger partial charge in [0, 0.05) is 0 Å². The van der Waals surface area contributed by atoms with Gasteiger partial charge in [-0.25, -0.2) is 17.7 Å². The van der Waals surface area contributed by atoms with Gasteiger partial charge < -0.3 is 4.42 Å². The minimum Gasteiger partial charge on any atom is -0.468 e. The van der Waals surface area contributed by atoms with Crippen molar-refractivity contribution in [3.63, 3.8) is 0 Å². The summed E-state index contributed by atoms with van der Waals surface area (Å²) in [6.07, 6.45) is 1.08. The van der Waals surface area contributed by atoms with E-state index < -0.39 is 33.7 Å². The van der Waals surface area contributed by atoms with Crippen LogP contribution in [0.2, 0.25) is 0 Å². The van der Waals surface area contributed by atoms with Gasteiger partial charge in [0.05, 0.1) is 29.8 Å². The summed E-state index contributed by atoms with van der Waals surface area (Å²) < 4.78 is 46.5. The molecule has 1 aliphatic rings. The smallest absolute Gasteiger partial charge is 0.252 e. The van der Waals surface area contributed by atoms with Crippen LogP contribution in [0.1, 0.15) is 37.5 Å². The molecule has 0 saturated carbocycles. The van der Waals surface area contributed by atoms with Crippen LogP contribution >= 0.6 is 0 Å². The van der Waals surface area contributed by atoms with Crippen molar-refractivity contribution in [3.05, 3.63) is 84.1 Å². The Balaban J connectivity index is 1.70. The highest BCUT2D eigenvalue weighted by Crippen LogP contribution is 2.31. The monoisotopic (exact) mass is 470 g/mol. The topological polar surface area (TPSA) is 87.9 Å². The molecule has 4 rings (SSSR count). The number of amides is 2. The predicted molar refractivity (Wildman–Crippen MR) is 119 cm³/mol. The Labute approximate surface area is 191 Å². The van der Waals surface area contributed by atoms with Crippen LogP contribution in [-0.4, -0.2) is 30.6 Å². The quantitative estimate of drug-likeness (QED) is 0.486. The largest absolute Gasteiger partial charge is 0.468 e. The summed E-state index contributed by atoms with van der Waals surface area (Å²) in [5.41, 5.74) is 1.43. The molecule has 1 saturated heterocycles. The fourth-order valence-corrected chi connectivity index (χ4v) is 5.33. The van der Waals surface area contributed by atoms with Gasteiger partial charge in [0.15, 0.2) is 0 Å². The standard InChI is InChI=1S/C24H23FN2O5S/c1-16(2)17-5-9-19(10-6-17)27-23(28)14-22(24(27)29)26(15-20-4-3-13-32-20)33(30,31)21-11-7-18(25)8-12-21/h3-13,16,22H,14-15H2,1-2H3. The lowest BCUT2D eigenvalue weighted by atomic mass is 10.0. The zero-order valence-electron chi connectivity index (χ0n) is 18.1. The number of carbonyl (C=O) groups excluding carboxylic acids is 2. The summed E-state index contributed by atoms with van der Waals surface area (Å²) in [6, 6.07) is 13.3. The summed E-state index contributed by atoms with van der Waals surface area (Å²) in [6.45, 7) is 3.81. The van der Waals surface area contributed by atoms with Gasteiger partial charge in [-0.3, -0.25) is 9.59 Å². The number of halogens is 1. The van der Waals surface area contributed by atoms with Gasteiger partial charge in [-0.15, -0.1) is 0 Å². The van der Waals surface area contributed by atoms with Gasteiger partial charge >= 0.3 is 0 Å². The number of rotatable bonds is 7. The predicted octanol–water partition coefficient (Wildman–Crippen LogP) is 4.07. The second kappa shape index (κ2) is 8.92. The van der Waals surface area contributed by atoms with Crippen LogP contribution in [0.3, 0.4) is 0 Å². The molecule has 9 heteroatoms. The number of hydrogen-bond acceptors (Lipinski definition) is 5. The van der Waals surface area contributed by atoms with Gasteiger partial charge in [0.2, 0.25) is 15.9 Å². The van der Waals surface area contributed by atoms with Crippen LogP contribution in [0.15, 0.2) is 76.2 Å². The van der Waals surface area contributed by atoms with Crippen LogP contribution in [0.4, 0.5) is 10.1 Å². The summed E-state index contributed by atoms with van der Waals surface area (Å²) in [7, 11) is -4.25. The molecular weight excluding hydrogens is 447 g/mol. The number of benzene rings is 2. The Morgan fingerprint density at radius 3 is 2.30 bits per heavy atom. The lowest BCUT2D eigenvalue weighted by molar-refractivity contribution is -0.122. The lowest BCUT2D eigenvalue weighted by Crippen LogP contribution is -2.45. The summed E-state index contributed by atoms with van der Waals surface area (Å²) in [5.74, 6) is -1.15. The lowest BCUT2D eigenvalue weighted by Gasteiger charge is -2.26. The van der Waals surface area contributed by atoms with Gasteiger partial charge in [-0.1, -0.05) is 26.0 Å². The van der Waals surface area contributed by atoms with Crippen molar-refractivity contribution >= 4 is 27.5 Å². The van der Waals surface area contributed by atoms with Crippen molar-refractivity contribution in [1.29, 1.82) is 0 Å². The van der Waals surface area contributed by atoms with Crippen molar-refractivity contribution in [2.75, 3.05) is 4.90 Å². The molecule has 3 aromatic rings. The number of imide groups is 1. The second-order valence-electron chi connectivity index (χ2n) is 8.12. The summed E-state index contributed by atoms with van der Waals surface area (Å²) in [5, 5.41) is 0. The van der Waals surface area contributed by atoms with E-state index in [1.54, 1.807) is 24.3 Å². The molecule has 0 spiro atoms. The van der Waals surface area contributed by atoms with Gasteiger partial charge in [0.1, 0.15) is 17.6 Å². The number of nitrogens with zero attached hydrogens (tertiary/aromatic N) is 2. The molecule has 0 N–H and O–H groups in total. The minimum absolute atomic E-state index is 0.185.